The van der Waals surface area contributed by atoms with Crippen molar-refractivity contribution in [1.82, 2.24) is 30.8 Å². The third kappa shape index (κ3) is 4.56. The molecule has 0 aliphatic carbocycles. The van der Waals surface area contributed by atoms with Crippen LogP contribution in [-0.2, 0) is 11.2 Å². The molecule has 0 radical (unpaired) electrons. The standard InChI is InChI=1S/C15H21FN6O/c1-10(17-3)9-18-15(23)14(22-11(2)19-20-21-22)8-12-4-6-13(16)7-5-12/h4-7,10,14,17H,8-9H2,1-3H3,(H,18,23). The van der Waals surface area contributed by atoms with Crippen molar-refractivity contribution in [2.75, 3.05) is 13.6 Å². The van der Waals surface area contributed by atoms with Gasteiger partial charge in [-0.15, -0.1) is 5.10 Å². The molecule has 23 heavy (non-hydrogen) atoms. The van der Waals surface area contributed by atoms with Gasteiger partial charge in [0, 0.05) is 19.0 Å². The molecule has 0 spiro atoms. The Morgan fingerprint density at radius 2 is 2.04 bits per heavy atom. The predicted molar refractivity (Wildman–Crippen MR) is 83.2 cm³/mol. The SMILES string of the molecule is CNC(C)CNC(=O)C(Cc1ccc(F)cc1)n1nnnc1C. The van der Waals surface area contributed by atoms with Gasteiger partial charge in [-0.1, -0.05) is 12.1 Å². The average Bonchev–Trinajstić information content (AvgIpc) is 2.97. The molecule has 2 N–H and O–H groups in total. The minimum absolute atomic E-state index is 0.153. The first kappa shape index (κ1) is 17.0. The first-order chi connectivity index (χ1) is 11.0. The molecule has 0 fully saturated rings. The lowest BCUT2D eigenvalue weighted by Crippen LogP contribution is -2.41. The summed E-state index contributed by atoms with van der Waals surface area (Å²) in [6.45, 7) is 4.20. The number of amides is 1. The number of tetrazole rings is 1. The molecule has 0 bridgehead atoms. The Hall–Kier alpha value is -2.35. The fraction of sp³-hybridized carbons (Fsp3) is 0.467. The van der Waals surface area contributed by atoms with E-state index in [0.29, 0.717) is 18.8 Å². The zero-order chi connectivity index (χ0) is 16.8. The van der Waals surface area contributed by atoms with Crippen molar-refractivity contribution >= 4 is 5.91 Å². The number of aryl methyl sites for hydroxylation is 1. The van der Waals surface area contributed by atoms with E-state index in [1.165, 1.54) is 16.8 Å². The number of rotatable bonds is 7. The first-order valence-corrected chi connectivity index (χ1v) is 7.45. The monoisotopic (exact) mass is 320 g/mol. The van der Waals surface area contributed by atoms with Crippen LogP contribution in [0.3, 0.4) is 0 Å². The molecule has 7 nitrogen and oxygen atoms in total. The van der Waals surface area contributed by atoms with Crippen molar-refractivity contribution in [2.24, 2.45) is 0 Å². The van der Waals surface area contributed by atoms with Crippen LogP contribution in [-0.4, -0.2) is 45.7 Å². The number of aromatic nitrogens is 4. The summed E-state index contributed by atoms with van der Waals surface area (Å²) in [6.07, 6.45) is 0.381. The molecule has 8 heteroatoms. The Morgan fingerprint density at radius 1 is 1.35 bits per heavy atom. The molecule has 0 aliphatic heterocycles. The van der Waals surface area contributed by atoms with E-state index >= 15 is 0 Å². The second-order valence-electron chi connectivity index (χ2n) is 5.45. The van der Waals surface area contributed by atoms with Gasteiger partial charge >= 0.3 is 0 Å². The molecule has 1 heterocycles. The highest BCUT2D eigenvalue weighted by molar-refractivity contribution is 5.80. The van der Waals surface area contributed by atoms with E-state index in [9.17, 15) is 9.18 Å². The van der Waals surface area contributed by atoms with Crippen molar-refractivity contribution in [2.45, 2.75) is 32.4 Å². The van der Waals surface area contributed by atoms with E-state index in [2.05, 4.69) is 26.2 Å². The van der Waals surface area contributed by atoms with Gasteiger partial charge in [-0.3, -0.25) is 4.79 Å². The van der Waals surface area contributed by atoms with Crippen LogP contribution in [0.4, 0.5) is 4.39 Å². The van der Waals surface area contributed by atoms with Gasteiger partial charge in [0.2, 0.25) is 5.91 Å². The summed E-state index contributed by atoms with van der Waals surface area (Å²) >= 11 is 0. The maximum Gasteiger partial charge on any atom is 0.245 e. The predicted octanol–water partition coefficient (Wildman–Crippen LogP) is 0.629. The molecule has 0 aliphatic rings. The van der Waals surface area contributed by atoms with Gasteiger partial charge in [0.05, 0.1) is 0 Å². The minimum Gasteiger partial charge on any atom is -0.353 e. The van der Waals surface area contributed by atoms with E-state index in [1.807, 2.05) is 14.0 Å². The molecule has 1 aromatic heterocycles. The molecule has 1 aromatic carbocycles. The summed E-state index contributed by atoms with van der Waals surface area (Å²) in [5.41, 5.74) is 0.836. The molecular weight excluding hydrogens is 299 g/mol. The van der Waals surface area contributed by atoms with Crippen LogP contribution >= 0.6 is 0 Å². The number of nitrogens with one attached hydrogen (secondary N) is 2. The first-order valence-electron chi connectivity index (χ1n) is 7.45. The van der Waals surface area contributed by atoms with Crippen molar-refractivity contribution in [3.8, 4) is 0 Å². The highest BCUT2D eigenvalue weighted by Gasteiger charge is 2.24. The third-order valence-electron chi connectivity index (χ3n) is 3.67. The lowest BCUT2D eigenvalue weighted by molar-refractivity contribution is -0.124. The molecule has 2 aromatic rings. The van der Waals surface area contributed by atoms with Gasteiger partial charge in [0.1, 0.15) is 17.7 Å². The second kappa shape index (κ2) is 7.77. The lowest BCUT2D eigenvalue weighted by Gasteiger charge is -2.19. The van der Waals surface area contributed by atoms with Crippen molar-refractivity contribution in [3.05, 3.63) is 41.5 Å². The highest BCUT2D eigenvalue weighted by Crippen LogP contribution is 2.15. The summed E-state index contributed by atoms with van der Waals surface area (Å²) in [6, 6.07) is 5.64. The van der Waals surface area contributed by atoms with Gasteiger partial charge < -0.3 is 10.6 Å². The van der Waals surface area contributed by atoms with Crippen molar-refractivity contribution < 1.29 is 9.18 Å². The van der Waals surface area contributed by atoms with E-state index in [4.69, 9.17) is 0 Å². The Morgan fingerprint density at radius 3 is 2.61 bits per heavy atom. The quantitative estimate of drug-likeness (QED) is 0.781. The zero-order valence-electron chi connectivity index (χ0n) is 13.5. The summed E-state index contributed by atoms with van der Waals surface area (Å²) in [4.78, 5) is 12.6. The smallest absolute Gasteiger partial charge is 0.245 e. The fourth-order valence-electron chi connectivity index (χ4n) is 2.13. The van der Waals surface area contributed by atoms with Crippen LogP contribution in [0, 0.1) is 12.7 Å². The number of hydrogen-bond donors (Lipinski definition) is 2. The van der Waals surface area contributed by atoms with Crippen LogP contribution in [0.25, 0.3) is 0 Å². The topological polar surface area (TPSA) is 84.7 Å². The van der Waals surface area contributed by atoms with Crippen LogP contribution in [0.5, 0.6) is 0 Å². The van der Waals surface area contributed by atoms with Gasteiger partial charge in [-0.05, 0) is 49.0 Å². The van der Waals surface area contributed by atoms with Gasteiger partial charge in [-0.25, -0.2) is 9.07 Å². The van der Waals surface area contributed by atoms with Crippen LogP contribution in [0.1, 0.15) is 24.4 Å². The number of benzene rings is 1. The van der Waals surface area contributed by atoms with Crippen molar-refractivity contribution in [3.63, 3.8) is 0 Å². The Kier molecular flexibility index (Phi) is 5.75. The fourth-order valence-corrected chi connectivity index (χ4v) is 2.13. The number of hydrogen-bond acceptors (Lipinski definition) is 5. The molecule has 0 saturated heterocycles. The number of halogens is 1. The maximum atomic E-state index is 13.0. The van der Waals surface area contributed by atoms with E-state index in [1.54, 1.807) is 19.1 Å². The molecule has 1 amide bonds. The van der Waals surface area contributed by atoms with Crippen LogP contribution in [0.2, 0.25) is 0 Å². The molecule has 2 atom stereocenters. The van der Waals surface area contributed by atoms with Gasteiger partial charge in [0.25, 0.3) is 0 Å². The molecular formula is C15H21FN6O. The summed E-state index contributed by atoms with van der Waals surface area (Å²) in [5, 5.41) is 17.3. The van der Waals surface area contributed by atoms with E-state index in [-0.39, 0.29) is 17.8 Å². The average molecular weight is 320 g/mol. The molecule has 0 saturated carbocycles. The summed E-state index contributed by atoms with van der Waals surface area (Å²) in [5.74, 6) is 0.0666. The highest BCUT2D eigenvalue weighted by atomic mass is 19.1. The van der Waals surface area contributed by atoms with Crippen molar-refractivity contribution in [1.29, 1.82) is 0 Å². The number of carbonyl (C=O) groups excluding carboxylic acids is 1. The van der Waals surface area contributed by atoms with Gasteiger partial charge in [0.15, 0.2) is 0 Å². The molecule has 2 rings (SSSR count). The minimum atomic E-state index is -0.584. The van der Waals surface area contributed by atoms with E-state index < -0.39 is 6.04 Å². The number of carbonyl (C=O) groups is 1. The summed E-state index contributed by atoms with van der Waals surface area (Å²) in [7, 11) is 1.83. The maximum absolute atomic E-state index is 13.0. The number of likely N-dealkylation sites (N-methyl/N-ethyl adjacent to an activating group) is 1. The summed E-state index contributed by atoms with van der Waals surface area (Å²) < 4.78 is 14.5. The Balaban J connectivity index is 2.16. The zero-order valence-corrected chi connectivity index (χ0v) is 13.5. The Labute approximate surface area is 134 Å². The third-order valence-corrected chi connectivity index (χ3v) is 3.67. The lowest BCUT2D eigenvalue weighted by atomic mass is 10.0. The van der Waals surface area contributed by atoms with E-state index in [0.717, 1.165) is 5.56 Å². The normalized spacial score (nSPS) is 13.6. The largest absolute Gasteiger partial charge is 0.353 e. The Bertz CT molecular complexity index is 642. The number of nitrogens with zero attached hydrogens (tertiary/aromatic N) is 4. The molecule has 124 valence electrons. The second-order valence-corrected chi connectivity index (χ2v) is 5.45. The molecule has 2 unspecified atom stereocenters. The van der Waals surface area contributed by atoms with Gasteiger partial charge in [-0.2, -0.15) is 0 Å². The van der Waals surface area contributed by atoms with Crippen LogP contribution in [0.15, 0.2) is 24.3 Å². The van der Waals surface area contributed by atoms with Crippen LogP contribution < -0.4 is 10.6 Å².